The van der Waals surface area contributed by atoms with E-state index in [4.69, 9.17) is 16.3 Å². The molecule has 0 aliphatic carbocycles. The average Bonchev–Trinajstić information content (AvgIpc) is 2.91. The summed E-state index contributed by atoms with van der Waals surface area (Å²) in [6.45, 7) is 6.49. The van der Waals surface area contributed by atoms with E-state index >= 15 is 0 Å². The molecule has 2 aliphatic heterocycles. The van der Waals surface area contributed by atoms with E-state index in [2.05, 4.69) is 12.2 Å². The molecule has 24 heavy (non-hydrogen) atoms. The largest absolute Gasteiger partial charge is 0.493 e. The number of amides is 1. The first kappa shape index (κ1) is 19.4. The van der Waals surface area contributed by atoms with Crippen molar-refractivity contribution in [2.75, 3.05) is 32.8 Å². The molecule has 2 atom stereocenters. The first-order chi connectivity index (χ1) is 11.2. The maximum Gasteiger partial charge on any atom is 0.257 e. The Morgan fingerprint density at radius 1 is 1.29 bits per heavy atom. The second-order valence-corrected chi connectivity index (χ2v) is 6.97. The number of fused-ring (bicyclic) bond motifs is 1. The molecule has 6 heteroatoms. The van der Waals surface area contributed by atoms with Gasteiger partial charge in [-0.1, -0.05) is 18.5 Å². The minimum Gasteiger partial charge on any atom is -0.493 e. The molecule has 2 heterocycles. The number of nitrogens with zero attached hydrogens (tertiary/aromatic N) is 1. The lowest BCUT2D eigenvalue weighted by molar-refractivity contribution is 0.0754. The predicted octanol–water partition coefficient (Wildman–Crippen LogP) is 3.62. The summed E-state index contributed by atoms with van der Waals surface area (Å²) in [4.78, 5) is 15.0. The van der Waals surface area contributed by atoms with Gasteiger partial charge in [0.2, 0.25) is 0 Å². The lowest BCUT2D eigenvalue weighted by Gasteiger charge is -2.22. The Hall–Kier alpha value is -0.970. The molecule has 4 nitrogen and oxygen atoms in total. The lowest BCUT2D eigenvalue weighted by atomic mass is 9.92. The van der Waals surface area contributed by atoms with Crippen LogP contribution in [-0.4, -0.2) is 43.6 Å². The molecule has 3 rings (SSSR count). The molecule has 1 N–H and O–H groups in total. The molecule has 0 unspecified atom stereocenters. The van der Waals surface area contributed by atoms with Crippen LogP contribution in [0.5, 0.6) is 5.75 Å². The van der Waals surface area contributed by atoms with Gasteiger partial charge in [0.25, 0.3) is 5.91 Å². The molecule has 2 fully saturated rings. The minimum absolute atomic E-state index is 0. The summed E-state index contributed by atoms with van der Waals surface area (Å²) in [5, 5.41) is 4.04. The van der Waals surface area contributed by atoms with E-state index in [1.807, 2.05) is 11.0 Å². The van der Waals surface area contributed by atoms with Crippen LogP contribution >= 0.6 is 24.0 Å². The molecule has 134 valence electrons. The van der Waals surface area contributed by atoms with Crippen molar-refractivity contribution in [3.63, 3.8) is 0 Å². The van der Waals surface area contributed by atoms with Crippen LogP contribution < -0.4 is 10.1 Å². The van der Waals surface area contributed by atoms with Crippen molar-refractivity contribution in [3.8, 4) is 5.75 Å². The zero-order valence-corrected chi connectivity index (χ0v) is 15.7. The number of likely N-dealkylation sites (tertiary alicyclic amines) is 1. The number of hydrogen-bond donors (Lipinski definition) is 1. The molecule has 1 aromatic rings. The first-order valence-corrected chi connectivity index (χ1v) is 8.99. The Balaban J connectivity index is 0.00000208. The molecular formula is C18H26Cl2N2O2. The van der Waals surface area contributed by atoms with E-state index in [0.29, 0.717) is 34.8 Å². The van der Waals surface area contributed by atoms with Gasteiger partial charge >= 0.3 is 0 Å². The molecular weight excluding hydrogens is 347 g/mol. The number of carbonyl (C=O) groups is 1. The second kappa shape index (κ2) is 8.93. The van der Waals surface area contributed by atoms with Crippen molar-refractivity contribution in [1.82, 2.24) is 10.2 Å². The Labute approximate surface area is 155 Å². The van der Waals surface area contributed by atoms with Gasteiger partial charge in [-0.05, 0) is 62.4 Å². The van der Waals surface area contributed by atoms with Crippen molar-refractivity contribution in [2.45, 2.75) is 26.2 Å². The fourth-order valence-corrected chi connectivity index (χ4v) is 3.77. The Bertz CT molecular complexity index is 554. The fraction of sp³-hybridized carbons (Fsp3) is 0.611. The number of hydrogen-bond acceptors (Lipinski definition) is 3. The van der Waals surface area contributed by atoms with Crippen molar-refractivity contribution in [2.24, 2.45) is 11.8 Å². The smallest absolute Gasteiger partial charge is 0.257 e. The maximum atomic E-state index is 13.0. The molecule has 1 amide bonds. The summed E-state index contributed by atoms with van der Waals surface area (Å²) < 4.78 is 5.74. The standard InChI is InChI=1S/C18H25ClN2O2.ClH/c1-2-9-23-17-4-3-15(19)10-16(17)18(22)21-7-5-13-11-20-12-14(13)6-8-21;/h3-4,10,13-14,20H,2,5-9,11-12H2,1H3;1H/t13-,14+;. The number of halogens is 2. The quantitative estimate of drug-likeness (QED) is 0.877. The second-order valence-electron chi connectivity index (χ2n) is 6.54. The van der Waals surface area contributed by atoms with Crippen LogP contribution in [0, 0.1) is 11.8 Å². The third-order valence-corrected chi connectivity index (χ3v) is 5.18. The first-order valence-electron chi connectivity index (χ1n) is 8.61. The van der Waals surface area contributed by atoms with Gasteiger partial charge in [-0.3, -0.25) is 4.79 Å². The summed E-state index contributed by atoms with van der Waals surface area (Å²) in [7, 11) is 0. The highest BCUT2D eigenvalue weighted by molar-refractivity contribution is 6.31. The van der Waals surface area contributed by atoms with Crippen LogP contribution in [0.25, 0.3) is 0 Å². The molecule has 0 bridgehead atoms. The highest BCUT2D eigenvalue weighted by Crippen LogP contribution is 2.30. The van der Waals surface area contributed by atoms with E-state index in [1.54, 1.807) is 12.1 Å². The number of nitrogens with one attached hydrogen (secondary N) is 1. The molecule has 0 spiro atoms. The average molecular weight is 373 g/mol. The van der Waals surface area contributed by atoms with Gasteiger partial charge < -0.3 is 15.0 Å². The van der Waals surface area contributed by atoms with Crippen LogP contribution in [0.3, 0.4) is 0 Å². The molecule has 2 aliphatic rings. The van der Waals surface area contributed by atoms with Crippen molar-refractivity contribution >= 4 is 29.9 Å². The van der Waals surface area contributed by atoms with Gasteiger partial charge in [-0.2, -0.15) is 0 Å². The summed E-state index contributed by atoms with van der Waals surface area (Å²) in [6.07, 6.45) is 3.07. The third kappa shape index (κ3) is 4.35. The zero-order valence-electron chi connectivity index (χ0n) is 14.1. The number of benzene rings is 1. The van der Waals surface area contributed by atoms with Gasteiger partial charge in [-0.25, -0.2) is 0 Å². The topological polar surface area (TPSA) is 41.6 Å². The third-order valence-electron chi connectivity index (χ3n) is 4.94. The Kier molecular flexibility index (Phi) is 7.20. The van der Waals surface area contributed by atoms with Gasteiger partial charge in [0.15, 0.2) is 0 Å². The van der Waals surface area contributed by atoms with Gasteiger partial charge in [0, 0.05) is 18.1 Å². The summed E-state index contributed by atoms with van der Waals surface area (Å²) in [6, 6.07) is 5.33. The van der Waals surface area contributed by atoms with Crippen LogP contribution in [-0.2, 0) is 0 Å². The molecule has 1 aromatic carbocycles. The van der Waals surface area contributed by atoms with Crippen molar-refractivity contribution in [1.29, 1.82) is 0 Å². The van der Waals surface area contributed by atoms with Crippen molar-refractivity contribution in [3.05, 3.63) is 28.8 Å². The number of carbonyl (C=O) groups excluding carboxylic acids is 1. The van der Waals surface area contributed by atoms with E-state index in [9.17, 15) is 4.79 Å². The zero-order chi connectivity index (χ0) is 16.2. The predicted molar refractivity (Wildman–Crippen MR) is 99.5 cm³/mol. The van der Waals surface area contributed by atoms with Crippen molar-refractivity contribution < 1.29 is 9.53 Å². The van der Waals surface area contributed by atoms with Gasteiger partial charge in [0.1, 0.15) is 5.75 Å². The van der Waals surface area contributed by atoms with Crippen LogP contribution in [0.1, 0.15) is 36.5 Å². The van der Waals surface area contributed by atoms with Crippen LogP contribution in [0.15, 0.2) is 18.2 Å². The Morgan fingerprint density at radius 3 is 2.58 bits per heavy atom. The van der Waals surface area contributed by atoms with E-state index < -0.39 is 0 Å². The van der Waals surface area contributed by atoms with E-state index in [1.165, 1.54) is 0 Å². The highest BCUT2D eigenvalue weighted by Gasteiger charge is 2.32. The Morgan fingerprint density at radius 2 is 1.96 bits per heavy atom. The fourth-order valence-electron chi connectivity index (χ4n) is 3.60. The van der Waals surface area contributed by atoms with Gasteiger partial charge in [-0.15, -0.1) is 12.4 Å². The summed E-state index contributed by atoms with van der Waals surface area (Å²) >= 11 is 6.11. The lowest BCUT2D eigenvalue weighted by Crippen LogP contribution is -2.33. The maximum absolute atomic E-state index is 13.0. The molecule has 2 saturated heterocycles. The minimum atomic E-state index is 0. The number of rotatable bonds is 4. The SMILES string of the molecule is CCCOc1ccc(Cl)cc1C(=O)N1CC[C@@H]2CNC[C@@H]2CC1.Cl. The molecule has 0 saturated carbocycles. The van der Waals surface area contributed by atoms with Crippen LogP contribution in [0.2, 0.25) is 5.02 Å². The normalized spacial score (nSPS) is 23.2. The molecule has 0 aromatic heterocycles. The summed E-state index contributed by atoms with van der Waals surface area (Å²) in [5.74, 6) is 2.12. The van der Waals surface area contributed by atoms with Crippen LogP contribution in [0.4, 0.5) is 0 Å². The number of ether oxygens (including phenoxy) is 1. The van der Waals surface area contributed by atoms with E-state index in [-0.39, 0.29) is 18.3 Å². The molecule has 0 radical (unpaired) electrons. The summed E-state index contributed by atoms with van der Waals surface area (Å²) in [5.41, 5.74) is 0.594. The van der Waals surface area contributed by atoms with E-state index in [0.717, 1.165) is 45.4 Å². The highest BCUT2D eigenvalue weighted by atomic mass is 35.5. The monoisotopic (exact) mass is 372 g/mol. The van der Waals surface area contributed by atoms with Gasteiger partial charge in [0.05, 0.1) is 12.2 Å².